The van der Waals surface area contributed by atoms with Gasteiger partial charge in [0.05, 0.1) is 5.69 Å². The quantitative estimate of drug-likeness (QED) is 0.656. The molecule has 0 aliphatic carbocycles. The molecule has 0 spiro atoms. The third kappa shape index (κ3) is 2.47. The second-order valence-corrected chi connectivity index (χ2v) is 6.35. The van der Waals surface area contributed by atoms with Gasteiger partial charge in [-0.25, -0.2) is 4.98 Å². The maximum absolute atomic E-state index is 4.73. The van der Waals surface area contributed by atoms with Gasteiger partial charge in [0.2, 0.25) is 0 Å². The predicted molar refractivity (Wildman–Crippen MR) is 89.0 cm³/mol. The second-order valence-electron chi connectivity index (χ2n) is 4.91. The number of alkyl halides is 1. The van der Waals surface area contributed by atoms with E-state index in [1.54, 1.807) is 11.3 Å². The van der Waals surface area contributed by atoms with Crippen LogP contribution in [0.1, 0.15) is 16.8 Å². The van der Waals surface area contributed by atoms with Crippen LogP contribution in [-0.4, -0.2) is 16.4 Å². The number of rotatable bonds is 4. The van der Waals surface area contributed by atoms with E-state index in [0.717, 1.165) is 22.7 Å². The van der Waals surface area contributed by atoms with Gasteiger partial charge in [-0.2, -0.15) is 0 Å². The van der Waals surface area contributed by atoms with Crippen molar-refractivity contribution < 1.29 is 0 Å². The van der Waals surface area contributed by atoms with E-state index in [1.807, 2.05) is 0 Å². The molecule has 0 N–H and O–H groups in total. The van der Waals surface area contributed by atoms with Crippen molar-refractivity contribution in [3.05, 3.63) is 52.7 Å². The fourth-order valence-corrected chi connectivity index (χ4v) is 3.54. The molecule has 0 amide bonds. The number of nitrogens with zero attached hydrogens (tertiary/aromatic N) is 3. The Morgan fingerprint density at radius 3 is 2.75 bits per heavy atom. The zero-order chi connectivity index (χ0) is 14.1. The molecule has 0 unspecified atom stereocenters. The van der Waals surface area contributed by atoms with Crippen molar-refractivity contribution in [3.8, 4) is 0 Å². The van der Waals surface area contributed by atoms with E-state index >= 15 is 0 Å². The van der Waals surface area contributed by atoms with Gasteiger partial charge >= 0.3 is 0 Å². The molecule has 0 radical (unpaired) electrons. The molecule has 0 aliphatic rings. The lowest BCUT2D eigenvalue weighted by atomic mass is 10.1. The number of halogens is 1. The Kier molecular flexibility index (Phi) is 3.81. The number of benzene rings is 1. The van der Waals surface area contributed by atoms with Gasteiger partial charge in [-0.05, 0) is 12.5 Å². The van der Waals surface area contributed by atoms with Crippen LogP contribution in [0.4, 0.5) is 5.82 Å². The molecule has 0 atom stereocenters. The van der Waals surface area contributed by atoms with Crippen LogP contribution in [0.25, 0.3) is 4.96 Å². The summed E-state index contributed by atoms with van der Waals surface area (Å²) in [5.41, 5.74) is 3.80. The summed E-state index contributed by atoms with van der Waals surface area (Å²) in [6.45, 7) is 2.98. The summed E-state index contributed by atoms with van der Waals surface area (Å²) < 4.78 is 2.15. The van der Waals surface area contributed by atoms with Crippen LogP contribution in [0, 0.1) is 6.92 Å². The van der Waals surface area contributed by atoms with Crippen molar-refractivity contribution in [2.75, 3.05) is 11.9 Å². The monoisotopic (exact) mass is 349 g/mol. The average Bonchev–Trinajstić information content (AvgIpc) is 3.01. The Balaban J connectivity index is 1.89. The molecule has 2 heterocycles. The highest BCUT2D eigenvalue weighted by Crippen LogP contribution is 2.26. The standard InChI is InChI=1S/C15H16BrN3S/c1-11-3-5-12(6-4-11)10-18(2)14-13(9-16)19-7-8-20-15(19)17-14/h3-8H,9-10H2,1-2H3. The normalized spacial score (nSPS) is 11.2. The van der Waals surface area contributed by atoms with Gasteiger partial charge in [-0.15, -0.1) is 11.3 Å². The third-order valence-electron chi connectivity index (χ3n) is 3.37. The summed E-state index contributed by atoms with van der Waals surface area (Å²) in [4.78, 5) is 7.99. The molecule has 3 aromatic rings. The van der Waals surface area contributed by atoms with Gasteiger partial charge in [0.15, 0.2) is 10.8 Å². The summed E-state index contributed by atoms with van der Waals surface area (Å²) >= 11 is 5.24. The summed E-state index contributed by atoms with van der Waals surface area (Å²) in [6.07, 6.45) is 2.08. The summed E-state index contributed by atoms with van der Waals surface area (Å²) in [5.74, 6) is 1.05. The molecule has 3 nitrogen and oxygen atoms in total. The lowest BCUT2D eigenvalue weighted by Gasteiger charge is -2.18. The number of hydrogen-bond acceptors (Lipinski definition) is 3. The lowest BCUT2D eigenvalue weighted by Crippen LogP contribution is -2.18. The molecule has 1 aromatic carbocycles. The smallest absolute Gasteiger partial charge is 0.195 e. The first kappa shape index (κ1) is 13.6. The van der Waals surface area contributed by atoms with Crippen molar-refractivity contribution in [2.24, 2.45) is 0 Å². The number of aryl methyl sites for hydroxylation is 1. The number of hydrogen-bond donors (Lipinski definition) is 0. The summed E-state index contributed by atoms with van der Waals surface area (Å²) in [5, 5.41) is 2.87. The van der Waals surface area contributed by atoms with Gasteiger partial charge in [0.25, 0.3) is 0 Å². The first-order valence-corrected chi connectivity index (χ1v) is 8.46. The second kappa shape index (κ2) is 5.58. The molecule has 20 heavy (non-hydrogen) atoms. The Morgan fingerprint density at radius 1 is 1.30 bits per heavy atom. The van der Waals surface area contributed by atoms with Gasteiger partial charge < -0.3 is 4.90 Å². The van der Waals surface area contributed by atoms with Crippen LogP contribution in [0.5, 0.6) is 0 Å². The zero-order valence-electron chi connectivity index (χ0n) is 11.5. The average molecular weight is 350 g/mol. The lowest BCUT2D eigenvalue weighted by molar-refractivity contribution is 0.895. The van der Waals surface area contributed by atoms with Crippen LogP contribution in [0.3, 0.4) is 0 Å². The Morgan fingerprint density at radius 2 is 2.05 bits per heavy atom. The van der Waals surface area contributed by atoms with Crippen LogP contribution in [0.2, 0.25) is 0 Å². The highest BCUT2D eigenvalue weighted by Gasteiger charge is 2.15. The number of fused-ring (bicyclic) bond motifs is 1. The largest absolute Gasteiger partial charge is 0.354 e. The van der Waals surface area contributed by atoms with Gasteiger partial charge in [-0.3, -0.25) is 4.40 Å². The highest BCUT2D eigenvalue weighted by molar-refractivity contribution is 9.08. The van der Waals surface area contributed by atoms with E-state index in [2.05, 4.69) is 75.0 Å². The maximum Gasteiger partial charge on any atom is 0.195 e. The number of imidazole rings is 1. The molecule has 104 valence electrons. The van der Waals surface area contributed by atoms with E-state index in [4.69, 9.17) is 4.98 Å². The van der Waals surface area contributed by atoms with Crippen molar-refractivity contribution in [3.63, 3.8) is 0 Å². The first-order chi connectivity index (χ1) is 9.69. The minimum absolute atomic E-state index is 0.804. The Bertz CT molecular complexity index is 714. The molecule has 5 heteroatoms. The summed E-state index contributed by atoms with van der Waals surface area (Å²) in [6, 6.07) is 8.66. The molecule has 0 aliphatic heterocycles. The molecule has 2 aromatic heterocycles. The first-order valence-electron chi connectivity index (χ1n) is 6.46. The van der Waals surface area contributed by atoms with Crippen molar-refractivity contribution in [1.82, 2.24) is 9.38 Å². The fourth-order valence-electron chi connectivity index (χ4n) is 2.29. The predicted octanol–water partition coefficient (Wildman–Crippen LogP) is 4.24. The summed E-state index contributed by atoms with van der Waals surface area (Å²) in [7, 11) is 2.10. The number of aromatic nitrogens is 2. The van der Waals surface area contributed by atoms with Crippen LogP contribution < -0.4 is 4.90 Å². The minimum Gasteiger partial charge on any atom is -0.354 e. The molecule has 0 fully saturated rings. The van der Waals surface area contributed by atoms with E-state index in [0.29, 0.717) is 0 Å². The van der Waals surface area contributed by atoms with Gasteiger partial charge in [0.1, 0.15) is 0 Å². The Hall–Kier alpha value is -1.33. The maximum atomic E-state index is 4.73. The molecule has 3 rings (SSSR count). The van der Waals surface area contributed by atoms with Crippen LogP contribution in [-0.2, 0) is 11.9 Å². The minimum atomic E-state index is 0.804. The van der Waals surface area contributed by atoms with Crippen LogP contribution >= 0.6 is 27.3 Å². The van der Waals surface area contributed by atoms with Crippen LogP contribution in [0.15, 0.2) is 35.8 Å². The van der Waals surface area contributed by atoms with Gasteiger partial charge in [-0.1, -0.05) is 45.8 Å². The number of anilines is 1. The van der Waals surface area contributed by atoms with E-state index < -0.39 is 0 Å². The van der Waals surface area contributed by atoms with Crippen molar-refractivity contribution in [2.45, 2.75) is 18.8 Å². The fraction of sp³-hybridized carbons (Fsp3) is 0.267. The SMILES string of the molecule is Cc1ccc(CN(C)c2nc3sccn3c2CBr)cc1. The topological polar surface area (TPSA) is 20.5 Å². The Labute approximate surface area is 131 Å². The number of thiazole rings is 1. The molecule has 0 saturated heterocycles. The zero-order valence-corrected chi connectivity index (χ0v) is 13.9. The van der Waals surface area contributed by atoms with Crippen molar-refractivity contribution >= 4 is 38.0 Å². The van der Waals surface area contributed by atoms with E-state index in [1.165, 1.54) is 16.8 Å². The van der Waals surface area contributed by atoms with Gasteiger partial charge in [0, 0.05) is 30.5 Å². The van der Waals surface area contributed by atoms with E-state index in [-0.39, 0.29) is 0 Å². The third-order valence-corrected chi connectivity index (χ3v) is 4.66. The highest BCUT2D eigenvalue weighted by atomic mass is 79.9. The molecule has 0 saturated carbocycles. The van der Waals surface area contributed by atoms with E-state index in [9.17, 15) is 0 Å². The molecule has 0 bridgehead atoms. The van der Waals surface area contributed by atoms with Crippen molar-refractivity contribution in [1.29, 1.82) is 0 Å². The molecular formula is C15H16BrN3S. The molecular weight excluding hydrogens is 334 g/mol.